The number of thioether (sulfide) groups is 2. The van der Waals surface area contributed by atoms with Crippen LogP contribution in [0.4, 0.5) is 16.8 Å². The minimum absolute atomic E-state index is 0.0513. The van der Waals surface area contributed by atoms with Crippen LogP contribution in [-0.2, 0) is 24.0 Å². The Hall–Kier alpha value is -5.28. The molecule has 11 N–H and O–H groups in total. The number of aromatic nitrogens is 3. The number of benzene rings is 1. The zero-order valence-corrected chi connectivity index (χ0v) is 25.5. The maximum absolute atomic E-state index is 13.4. The highest BCUT2D eigenvalue weighted by atomic mass is 32.2. The Morgan fingerprint density at radius 2 is 1.83 bits per heavy atom. The van der Waals surface area contributed by atoms with Crippen molar-refractivity contribution in [2.75, 3.05) is 28.7 Å². The fourth-order valence-corrected chi connectivity index (χ4v) is 7.25. The lowest BCUT2D eigenvalue weighted by Gasteiger charge is -2.49. The number of phenols is 2. The standard InChI is InChI=1S/C25H23N9O9S3/c26-13-4-14(27)31-25(30-13)46-6-9-5-44-21-16(20(38)34(21)17(9)22(39)40)32-19(37)15(10-7-45-24(28)29-10)33-43-18(23(41)42)8-1-2-11(35)12(36)3-8/h1-4,7,16,18,21,35-36H,5-6H2,(H2,28,29)(H,32,37)(H,39,40)(H,41,42)(H4,26,27,30,31)/t16?,18-,21+/m1/s1. The van der Waals surface area contributed by atoms with Crippen molar-refractivity contribution in [3.05, 3.63) is 52.2 Å². The number of thiazole rings is 1. The summed E-state index contributed by atoms with van der Waals surface area (Å²) in [5.41, 5.74) is 16.6. The van der Waals surface area contributed by atoms with Gasteiger partial charge < -0.3 is 47.8 Å². The van der Waals surface area contributed by atoms with E-state index >= 15 is 0 Å². The topological polar surface area (TPSA) is 303 Å². The van der Waals surface area contributed by atoms with Crippen LogP contribution in [0.15, 0.2) is 51.2 Å². The molecule has 1 aromatic carbocycles. The predicted molar refractivity (Wildman–Crippen MR) is 166 cm³/mol. The van der Waals surface area contributed by atoms with Crippen molar-refractivity contribution in [1.82, 2.24) is 25.2 Å². The van der Waals surface area contributed by atoms with Gasteiger partial charge in [-0.25, -0.2) is 24.5 Å². The second kappa shape index (κ2) is 13.0. The number of fused-ring (bicyclic) bond motifs is 1. The summed E-state index contributed by atoms with van der Waals surface area (Å²) in [6.07, 6.45) is -1.83. The zero-order valence-electron chi connectivity index (χ0n) is 23.1. The van der Waals surface area contributed by atoms with E-state index in [9.17, 15) is 39.6 Å². The molecule has 0 saturated carbocycles. The number of carboxylic acid groups (broad SMARTS) is 2. The first kappa shape index (κ1) is 32.1. The monoisotopic (exact) mass is 689 g/mol. The number of nitrogen functional groups attached to an aromatic ring is 3. The average molecular weight is 690 g/mol. The first-order chi connectivity index (χ1) is 21.8. The van der Waals surface area contributed by atoms with Crippen LogP contribution in [0.5, 0.6) is 11.5 Å². The molecule has 240 valence electrons. The second-order valence-corrected chi connectivity index (χ2v) is 12.4. The first-order valence-electron chi connectivity index (χ1n) is 12.8. The van der Waals surface area contributed by atoms with Crippen LogP contribution in [-0.4, -0.2) is 92.7 Å². The van der Waals surface area contributed by atoms with E-state index in [0.717, 1.165) is 40.1 Å². The van der Waals surface area contributed by atoms with E-state index < -0.39 is 58.5 Å². The summed E-state index contributed by atoms with van der Waals surface area (Å²) in [5.74, 6) is -5.10. The molecule has 2 aliphatic heterocycles. The van der Waals surface area contributed by atoms with Crippen LogP contribution in [0, 0.1) is 0 Å². The number of rotatable bonds is 11. The van der Waals surface area contributed by atoms with Gasteiger partial charge in [0.15, 0.2) is 27.5 Å². The number of aliphatic carboxylic acids is 2. The molecule has 1 unspecified atom stereocenters. The van der Waals surface area contributed by atoms with Gasteiger partial charge in [0, 0.05) is 28.5 Å². The number of phenolic OH excluding ortho intramolecular Hbond substituents is 2. The van der Waals surface area contributed by atoms with Crippen LogP contribution in [0.3, 0.4) is 0 Å². The summed E-state index contributed by atoms with van der Waals surface area (Å²) in [6.45, 7) is 0. The van der Waals surface area contributed by atoms with E-state index in [1.165, 1.54) is 29.3 Å². The number of hydrogen-bond acceptors (Lipinski definition) is 17. The highest BCUT2D eigenvalue weighted by Crippen LogP contribution is 2.41. The molecule has 0 bridgehead atoms. The summed E-state index contributed by atoms with van der Waals surface area (Å²) < 4.78 is 0. The van der Waals surface area contributed by atoms with Crippen molar-refractivity contribution in [2.45, 2.75) is 22.7 Å². The summed E-state index contributed by atoms with van der Waals surface area (Å²) in [6, 6.07) is 3.36. The van der Waals surface area contributed by atoms with Crippen molar-refractivity contribution in [3.63, 3.8) is 0 Å². The maximum Gasteiger partial charge on any atom is 0.352 e. The lowest BCUT2D eigenvalue weighted by atomic mass is 10.0. The summed E-state index contributed by atoms with van der Waals surface area (Å²) in [4.78, 5) is 69.2. The fraction of sp³-hybridized carbons (Fsp3) is 0.200. The number of β-lactam (4-membered cyclic amide) rings is 1. The van der Waals surface area contributed by atoms with Gasteiger partial charge in [0.2, 0.25) is 6.10 Å². The third-order valence-electron chi connectivity index (χ3n) is 6.41. The van der Waals surface area contributed by atoms with Crippen molar-refractivity contribution >= 4 is 81.1 Å². The lowest BCUT2D eigenvalue weighted by molar-refractivity contribution is -0.151. The molecule has 2 aliphatic rings. The Morgan fingerprint density at radius 3 is 2.43 bits per heavy atom. The molecule has 5 rings (SSSR count). The minimum atomic E-state index is -1.83. The average Bonchev–Trinajstić information content (AvgIpc) is 3.42. The van der Waals surface area contributed by atoms with Crippen LogP contribution in [0.2, 0.25) is 0 Å². The number of oxime groups is 1. The van der Waals surface area contributed by atoms with Crippen molar-refractivity contribution < 1.29 is 44.4 Å². The van der Waals surface area contributed by atoms with Gasteiger partial charge in [0.25, 0.3) is 11.8 Å². The molecule has 0 radical (unpaired) electrons. The summed E-state index contributed by atoms with van der Waals surface area (Å²) in [7, 11) is 0. The van der Waals surface area contributed by atoms with Crippen LogP contribution < -0.4 is 22.5 Å². The third-order valence-corrected chi connectivity index (χ3v) is 9.36. The normalized spacial score (nSPS) is 18.4. The Kier molecular flexibility index (Phi) is 9.07. The molecule has 21 heteroatoms. The number of hydrogen-bond donors (Lipinski definition) is 8. The molecule has 2 aromatic heterocycles. The van der Waals surface area contributed by atoms with E-state index in [1.807, 2.05) is 0 Å². The Morgan fingerprint density at radius 1 is 1.11 bits per heavy atom. The molecule has 18 nitrogen and oxygen atoms in total. The van der Waals surface area contributed by atoms with E-state index in [4.69, 9.17) is 22.0 Å². The van der Waals surface area contributed by atoms with Crippen LogP contribution in [0.1, 0.15) is 17.4 Å². The lowest BCUT2D eigenvalue weighted by Crippen LogP contribution is -2.71. The van der Waals surface area contributed by atoms with E-state index in [-0.39, 0.29) is 50.4 Å². The molecule has 2 amide bonds. The number of nitrogens with two attached hydrogens (primary N) is 3. The Balaban J connectivity index is 1.35. The van der Waals surface area contributed by atoms with Crippen LogP contribution in [0.25, 0.3) is 0 Å². The van der Waals surface area contributed by atoms with E-state index in [2.05, 4.69) is 25.4 Å². The molecule has 0 spiro atoms. The van der Waals surface area contributed by atoms with Crippen molar-refractivity contribution in [3.8, 4) is 11.5 Å². The third kappa shape index (κ3) is 6.55. The molecule has 1 saturated heterocycles. The van der Waals surface area contributed by atoms with Gasteiger partial charge in [-0.15, -0.1) is 23.1 Å². The number of nitrogens with one attached hydrogen (secondary N) is 1. The summed E-state index contributed by atoms with van der Waals surface area (Å²) >= 11 is 3.26. The van der Waals surface area contributed by atoms with Gasteiger partial charge in [0.1, 0.15) is 34.4 Å². The molecule has 3 atom stereocenters. The van der Waals surface area contributed by atoms with Crippen molar-refractivity contribution in [2.24, 2.45) is 5.16 Å². The molecule has 46 heavy (non-hydrogen) atoms. The number of carbonyl (C=O) groups excluding carboxylic acids is 2. The summed E-state index contributed by atoms with van der Waals surface area (Å²) in [5, 5.41) is 46.1. The highest BCUT2D eigenvalue weighted by Gasteiger charge is 2.54. The maximum atomic E-state index is 13.4. The largest absolute Gasteiger partial charge is 0.504 e. The molecule has 1 fully saturated rings. The number of nitrogens with zero attached hydrogens (tertiary/aromatic N) is 5. The quantitative estimate of drug-likeness (QED) is 0.0332. The fourth-order valence-electron chi connectivity index (χ4n) is 4.34. The molecule has 0 aliphatic carbocycles. The molecular weight excluding hydrogens is 667 g/mol. The smallest absolute Gasteiger partial charge is 0.352 e. The number of carboxylic acids is 2. The van der Waals surface area contributed by atoms with Crippen molar-refractivity contribution in [1.29, 1.82) is 0 Å². The van der Waals surface area contributed by atoms with E-state index in [1.54, 1.807) is 0 Å². The molecule has 3 aromatic rings. The number of aromatic hydroxyl groups is 2. The number of amides is 2. The van der Waals surface area contributed by atoms with E-state index in [0.29, 0.717) is 5.57 Å². The molecule has 4 heterocycles. The van der Waals surface area contributed by atoms with Gasteiger partial charge >= 0.3 is 11.9 Å². The second-order valence-electron chi connectivity index (χ2n) is 9.49. The minimum Gasteiger partial charge on any atom is -0.504 e. The number of carbonyl (C=O) groups is 4. The Bertz CT molecular complexity index is 1800. The van der Waals surface area contributed by atoms with Gasteiger partial charge in [-0.3, -0.25) is 14.5 Å². The van der Waals surface area contributed by atoms with Crippen LogP contribution >= 0.6 is 34.9 Å². The highest BCUT2D eigenvalue weighted by molar-refractivity contribution is 8.01. The molecular formula is C25H23N9O9S3. The SMILES string of the molecule is Nc1cc(N)nc(SCC2=C(C(=O)O)N3C(=O)C(NC(=O)C(=NO[C@@H](C(=O)O)c4ccc(O)c(O)c4)c4csc(N)n4)[C@@H]3SC2)n1. The first-order valence-corrected chi connectivity index (χ1v) is 15.7. The van der Waals surface area contributed by atoms with Gasteiger partial charge in [-0.2, -0.15) is 0 Å². The number of anilines is 3. The zero-order chi connectivity index (χ0) is 33.3. The Labute approximate surface area is 270 Å². The van der Waals surface area contributed by atoms with Gasteiger partial charge in [0.05, 0.1) is 0 Å². The van der Waals surface area contributed by atoms with Gasteiger partial charge in [-0.1, -0.05) is 23.0 Å². The predicted octanol–water partition coefficient (Wildman–Crippen LogP) is 0.168. The van der Waals surface area contributed by atoms with Gasteiger partial charge in [-0.05, 0) is 17.7 Å².